The molecule has 1 atom stereocenters. The summed E-state index contributed by atoms with van der Waals surface area (Å²) in [6.07, 6.45) is 2.37. The molecular formula is C9H18N4O. The van der Waals surface area contributed by atoms with Crippen molar-refractivity contribution in [2.45, 2.75) is 25.9 Å². The molecule has 1 unspecified atom stereocenters. The predicted molar refractivity (Wildman–Crippen MR) is 55.1 cm³/mol. The molecule has 14 heavy (non-hydrogen) atoms. The normalized spacial score (nSPS) is 23.9. The molecule has 0 N–H and O–H groups in total. The van der Waals surface area contributed by atoms with E-state index in [4.69, 9.17) is 10.3 Å². The Labute approximate surface area is 84.7 Å². The van der Waals surface area contributed by atoms with Crippen molar-refractivity contribution < 1.29 is 4.74 Å². The first-order valence-corrected chi connectivity index (χ1v) is 5.17. The maximum Gasteiger partial charge on any atom is 0.0673 e. The van der Waals surface area contributed by atoms with Crippen LogP contribution in [0.15, 0.2) is 5.11 Å². The maximum atomic E-state index is 8.12. The quantitative estimate of drug-likeness (QED) is 0.299. The van der Waals surface area contributed by atoms with Gasteiger partial charge in [-0.25, -0.2) is 0 Å². The minimum absolute atomic E-state index is 0.331. The Morgan fingerprint density at radius 2 is 2.50 bits per heavy atom. The van der Waals surface area contributed by atoms with E-state index in [0.29, 0.717) is 12.6 Å². The van der Waals surface area contributed by atoms with E-state index in [2.05, 4.69) is 21.8 Å². The van der Waals surface area contributed by atoms with Crippen molar-refractivity contribution in [1.29, 1.82) is 0 Å². The fourth-order valence-corrected chi connectivity index (χ4v) is 1.69. The monoisotopic (exact) mass is 198 g/mol. The van der Waals surface area contributed by atoms with Crippen LogP contribution in [0.2, 0.25) is 0 Å². The van der Waals surface area contributed by atoms with E-state index >= 15 is 0 Å². The number of hydrogen-bond donors (Lipinski definition) is 0. The van der Waals surface area contributed by atoms with Gasteiger partial charge in [-0.05, 0) is 31.8 Å². The second kappa shape index (κ2) is 6.65. The van der Waals surface area contributed by atoms with Crippen LogP contribution in [0.5, 0.6) is 0 Å². The molecule has 1 aliphatic rings. The zero-order chi connectivity index (χ0) is 10.2. The molecule has 0 aromatic rings. The summed E-state index contributed by atoms with van der Waals surface area (Å²) in [7, 11) is 0. The van der Waals surface area contributed by atoms with Gasteiger partial charge in [-0.1, -0.05) is 5.11 Å². The topological polar surface area (TPSA) is 61.2 Å². The zero-order valence-corrected chi connectivity index (χ0v) is 8.72. The van der Waals surface area contributed by atoms with Crippen LogP contribution in [0.25, 0.3) is 10.4 Å². The summed E-state index contributed by atoms with van der Waals surface area (Å²) >= 11 is 0. The summed E-state index contributed by atoms with van der Waals surface area (Å²) in [6.45, 7) is 6.67. The molecule has 0 aliphatic carbocycles. The molecule has 0 aromatic carbocycles. The van der Waals surface area contributed by atoms with Gasteiger partial charge < -0.3 is 9.64 Å². The van der Waals surface area contributed by atoms with Crippen LogP contribution in [-0.2, 0) is 4.74 Å². The molecule has 0 bridgehead atoms. The van der Waals surface area contributed by atoms with Crippen molar-refractivity contribution in [3.05, 3.63) is 10.4 Å². The Bertz CT molecular complexity index is 203. The van der Waals surface area contributed by atoms with Crippen LogP contribution in [0.3, 0.4) is 0 Å². The molecule has 5 nitrogen and oxygen atoms in total. The first-order valence-electron chi connectivity index (χ1n) is 5.17. The number of nitrogens with zero attached hydrogens (tertiary/aromatic N) is 4. The smallest absolute Gasteiger partial charge is 0.0673 e. The largest absolute Gasteiger partial charge is 0.377 e. The Hall–Kier alpha value is -0.770. The minimum Gasteiger partial charge on any atom is -0.377 e. The lowest BCUT2D eigenvalue weighted by atomic mass is 10.3. The summed E-state index contributed by atoms with van der Waals surface area (Å²) in [5.74, 6) is 0. The second-order valence-electron chi connectivity index (χ2n) is 3.64. The van der Waals surface area contributed by atoms with Crippen LogP contribution in [0.1, 0.15) is 19.8 Å². The van der Waals surface area contributed by atoms with Gasteiger partial charge in [-0.15, -0.1) is 0 Å². The van der Waals surface area contributed by atoms with Crippen molar-refractivity contribution in [3.63, 3.8) is 0 Å². The van der Waals surface area contributed by atoms with Crippen molar-refractivity contribution in [2.24, 2.45) is 5.11 Å². The Balaban J connectivity index is 2.17. The van der Waals surface area contributed by atoms with Crippen LogP contribution in [0.4, 0.5) is 0 Å². The molecule has 0 aromatic heterocycles. The van der Waals surface area contributed by atoms with Crippen molar-refractivity contribution in [2.75, 3.05) is 32.8 Å². The minimum atomic E-state index is 0.331. The molecule has 1 rings (SSSR count). The average molecular weight is 198 g/mol. The average Bonchev–Trinajstić information content (AvgIpc) is 2.38. The van der Waals surface area contributed by atoms with E-state index in [9.17, 15) is 0 Å². The number of rotatable bonds is 4. The van der Waals surface area contributed by atoms with E-state index in [1.54, 1.807) is 0 Å². The van der Waals surface area contributed by atoms with E-state index in [0.717, 1.165) is 39.1 Å². The molecule has 5 heteroatoms. The predicted octanol–water partition coefficient (Wildman–Crippen LogP) is 1.80. The van der Waals surface area contributed by atoms with E-state index in [1.807, 2.05) is 0 Å². The summed E-state index contributed by atoms with van der Waals surface area (Å²) in [5.41, 5.74) is 8.12. The fraction of sp³-hybridized carbons (Fsp3) is 1.00. The van der Waals surface area contributed by atoms with E-state index in [1.165, 1.54) is 0 Å². The fourth-order valence-electron chi connectivity index (χ4n) is 1.69. The molecule has 0 spiro atoms. The van der Waals surface area contributed by atoms with Crippen LogP contribution >= 0.6 is 0 Å². The van der Waals surface area contributed by atoms with Gasteiger partial charge in [0, 0.05) is 31.2 Å². The number of hydrogen-bond acceptors (Lipinski definition) is 3. The van der Waals surface area contributed by atoms with Crippen LogP contribution < -0.4 is 0 Å². The highest BCUT2D eigenvalue weighted by Crippen LogP contribution is 2.05. The van der Waals surface area contributed by atoms with Crippen LogP contribution in [-0.4, -0.2) is 43.8 Å². The molecular weight excluding hydrogens is 180 g/mol. The van der Waals surface area contributed by atoms with Gasteiger partial charge in [0.2, 0.25) is 0 Å². The zero-order valence-electron chi connectivity index (χ0n) is 8.72. The number of ether oxygens (including phenoxy) is 1. The highest BCUT2D eigenvalue weighted by atomic mass is 16.5. The molecule has 0 amide bonds. The lowest BCUT2D eigenvalue weighted by molar-refractivity contribution is 0.0677. The third-order valence-electron chi connectivity index (χ3n) is 2.33. The SMILES string of the molecule is CC1CN(CCCN=[N+]=[N-])CCCO1. The van der Waals surface area contributed by atoms with Crippen molar-refractivity contribution in [1.82, 2.24) is 4.90 Å². The first-order chi connectivity index (χ1) is 6.83. The Morgan fingerprint density at radius 1 is 1.64 bits per heavy atom. The molecule has 1 fully saturated rings. The first kappa shape index (κ1) is 11.3. The van der Waals surface area contributed by atoms with Crippen molar-refractivity contribution in [3.8, 4) is 0 Å². The Kier molecular flexibility index (Phi) is 5.37. The third-order valence-corrected chi connectivity index (χ3v) is 2.33. The van der Waals surface area contributed by atoms with Gasteiger partial charge in [0.25, 0.3) is 0 Å². The lowest BCUT2D eigenvalue weighted by Gasteiger charge is -2.20. The highest BCUT2D eigenvalue weighted by molar-refractivity contribution is 4.67. The maximum absolute atomic E-state index is 8.12. The lowest BCUT2D eigenvalue weighted by Crippen LogP contribution is -2.31. The molecule has 1 heterocycles. The molecule has 1 aliphatic heterocycles. The van der Waals surface area contributed by atoms with Gasteiger partial charge in [0.15, 0.2) is 0 Å². The van der Waals surface area contributed by atoms with Gasteiger partial charge in [-0.3, -0.25) is 0 Å². The molecule has 0 radical (unpaired) electrons. The summed E-state index contributed by atoms with van der Waals surface area (Å²) < 4.78 is 5.54. The van der Waals surface area contributed by atoms with Gasteiger partial charge >= 0.3 is 0 Å². The highest BCUT2D eigenvalue weighted by Gasteiger charge is 2.13. The molecule has 80 valence electrons. The van der Waals surface area contributed by atoms with Crippen LogP contribution in [0, 0.1) is 0 Å². The Morgan fingerprint density at radius 3 is 3.29 bits per heavy atom. The van der Waals surface area contributed by atoms with Gasteiger partial charge in [0.05, 0.1) is 6.10 Å². The summed E-state index contributed by atoms with van der Waals surface area (Å²) in [5, 5.41) is 3.52. The van der Waals surface area contributed by atoms with E-state index < -0.39 is 0 Å². The van der Waals surface area contributed by atoms with Crippen molar-refractivity contribution >= 4 is 0 Å². The summed E-state index contributed by atoms with van der Waals surface area (Å²) in [6, 6.07) is 0. The molecule has 0 saturated carbocycles. The van der Waals surface area contributed by atoms with E-state index in [-0.39, 0.29) is 0 Å². The van der Waals surface area contributed by atoms with Gasteiger partial charge in [0.1, 0.15) is 0 Å². The molecule has 1 saturated heterocycles. The summed E-state index contributed by atoms with van der Waals surface area (Å²) in [4.78, 5) is 5.11. The number of azide groups is 1. The van der Waals surface area contributed by atoms with Gasteiger partial charge in [-0.2, -0.15) is 0 Å². The second-order valence-corrected chi connectivity index (χ2v) is 3.64. The third kappa shape index (κ3) is 4.46. The standard InChI is InChI=1S/C9H18N4O/c1-9-8-13(6-3-7-14-9)5-2-4-11-12-10/h9H,2-8H2,1H3.